The average molecular weight is 325 g/mol. The van der Waals surface area contributed by atoms with Crippen molar-refractivity contribution in [3.8, 4) is 11.1 Å². The number of rotatable bonds is 5. The first-order valence-electron chi connectivity index (χ1n) is 8.86. The summed E-state index contributed by atoms with van der Waals surface area (Å²) in [5.41, 5.74) is 2.13. The molecular formula is C21H27NO2. The molecule has 0 saturated carbocycles. The van der Waals surface area contributed by atoms with Gasteiger partial charge >= 0.3 is 0 Å². The summed E-state index contributed by atoms with van der Waals surface area (Å²) in [5.74, 6) is 0. The van der Waals surface area contributed by atoms with Crippen LogP contribution < -0.4 is 0 Å². The largest absolute Gasteiger partial charge is 0.386 e. The second-order valence-electron chi connectivity index (χ2n) is 7.03. The highest BCUT2D eigenvalue weighted by atomic mass is 16.4. The second-order valence-corrected chi connectivity index (χ2v) is 7.03. The molecule has 2 N–H and O–H groups in total. The summed E-state index contributed by atoms with van der Waals surface area (Å²) >= 11 is 0. The van der Waals surface area contributed by atoms with E-state index >= 15 is 0 Å². The van der Waals surface area contributed by atoms with Crippen LogP contribution in [0.15, 0.2) is 54.6 Å². The number of benzene rings is 2. The van der Waals surface area contributed by atoms with Crippen molar-refractivity contribution in [1.29, 1.82) is 0 Å². The van der Waals surface area contributed by atoms with Crippen molar-refractivity contribution in [2.24, 2.45) is 0 Å². The molecule has 3 nitrogen and oxygen atoms in total. The quantitative estimate of drug-likeness (QED) is 0.885. The van der Waals surface area contributed by atoms with E-state index in [-0.39, 0.29) is 0 Å². The molecule has 1 aliphatic heterocycles. The fourth-order valence-corrected chi connectivity index (χ4v) is 3.61. The molecule has 0 bridgehead atoms. The van der Waals surface area contributed by atoms with E-state index in [9.17, 15) is 10.2 Å². The second kappa shape index (κ2) is 7.47. The Kier molecular flexibility index (Phi) is 5.34. The Bertz CT molecular complexity index is 648. The van der Waals surface area contributed by atoms with E-state index in [1.165, 1.54) is 6.42 Å². The number of aliphatic hydroxyl groups excluding tert-OH is 1. The van der Waals surface area contributed by atoms with E-state index in [0.717, 1.165) is 42.6 Å². The van der Waals surface area contributed by atoms with Crippen LogP contribution in [0.2, 0.25) is 0 Å². The molecule has 2 aromatic rings. The van der Waals surface area contributed by atoms with Gasteiger partial charge in [-0.05, 0) is 36.5 Å². The van der Waals surface area contributed by atoms with Crippen LogP contribution in [0.3, 0.4) is 0 Å². The minimum absolute atomic E-state index is 0.426. The van der Waals surface area contributed by atoms with E-state index in [2.05, 4.69) is 18.2 Å². The molecule has 0 radical (unpaired) electrons. The number of piperidine rings is 1. The van der Waals surface area contributed by atoms with E-state index < -0.39 is 11.8 Å². The van der Waals surface area contributed by atoms with Gasteiger partial charge in [-0.3, -0.25) is 4.90 Å². The van der Waals surface area contributed by atoms with Gasteiger partial charge in [-0.25, -0.2) is 0 Å². The third kappa shape index (κ3) is 3.86. The molecule has 3 rings (SSSR count). The van der Waals surface area contributed by atoms with Gasteiger partial charge in [0.15, 0.2) is 0 Å². The van der Waals surface area contributed by atoms with Crippen LogP contribution in [-0.2, 0) is 6.42 Å². The van der Waals surface area contributed by atoms with Gasteiger partial charge in [-0.15, -0.1) is 0 Å². The molecule has 3 heteroatoms. The minimum Gasteiger partial charge on any atom is -0.386 e. The summed E-state index contributed by atoms with van der Waals surface area (Å²) in [4.78, 5) is 2.01. The monoisotopic (exact) mass is 325 g/mol. The van der Waals surface area contributed by atoms with Crippen LogP contribution >= 0.6 is 0 Å². The lowest BCUT2D eigenvalue weighted by molar-refractivity contribution is -0.144. The van der Waals surface area contributed by atoms with Crippen molar-refractivity contribution >= 4 is 0 Å². The Balaban J connectivity index is 1.82. The molecule has 2 aromatic carbocycles. The Morgan fingerprint density at radius 2 is 1.58 bits per heavy atom. The van der Waals surface area contributed by atoms with E-state index in [1.807, 2.05) is 41.3 Å². The lowest BCUT2D eigenvalue weighted by Crippen LogP contribution is -2.53. The number of hydrogen-bond acceptors (Lipinski definition) is 3. The van der Waals surface area contributed by atoms with Crippen molar-refractivity contribution in [3.05, 3.63) is 60.2 Å². The smallest absolute Gasteiger partial charge is 0.136 e. The predicted octanol–water partition coefficient (Wildman–Crippen LogP) is 3.45. The highest BCUT2D eigenvalue weighted by Gasteiger charge is 2.36. The van der Waals surface area contributed by atoms with Gasteiger partial charge in [-0.1, -0.05) is 61.0 Å². The van der Waals surface area contributed by atoms with Gasteiger partial charge in [0.25, 0.3) is 0 Å². The van der Waals surface area contributed by atoms with Crippen molar-refractivity contribution in [2.75, 3.05) is 13.1 Å². The summed E-state index contributed by atoms with van der Waals surface area (Å²) in [6.45, 7) is 3.46. The van der Waals surface area contributed by atoms with Crippen molar-refractivity contribution in [3.63, 3.8) is 0 Å². The molecule has 2 atom stereocenters. The summed E-state index contributed by atoms with van der Waals surface area (Å²) in [5, 5.41) is 21.7. The number of likely N-dealkylation sites (tertiary alicyclic amines) is 1. The van der Waals surface area contributed by atoms with E-state index in [4.69, 9.17) is 0 Å². The number of aliphatic hydroxyl groups is 2. The highest BCUT2D eigenvalue weighted by molar-refractivity contribution is 5.67. The normalized spacial score (nSPS) is 19.6. The maximum absolute atomic E-state index is 11.0. The van der Waals surface area contributed by atoms with Crippen LogP contribution in [0.5, 0.6) is 0 Å². The molecule has 2 unspecified atom stereocenters. The Morgan fingerprint density at radius 1 is 0.958 bits per heavy atom. The first kappa shape index (κ1) is 17.2. The van der Waals surface area contributed by atoms with Crippen LogP contribution in [0.1, 0.15) is 31.7 Å². The van der Waals surface area contributed by atoms with Gasteiger partial charge in [-0.2, -0.15) is 0 Å². The zero-order valence-electron chi connectivity index (χ0n) is 14.4. The Hall–Kier alpha value is -1.68. The maximum Gasteiger partial charge on any atom is 0.136 e. The first-order chi connectivity index (χ1) is 11.6. The zero-order valence-corrected chi connectivity index (χ0v) is 14.4. The standard InChI is InChI=1S/C21H27NO2/c1-21(24,20(23)22-14-8-3-9-15-22)16-18-12-6-7-13-19(18)17-10-4-2-5-11-17/h2,4-7,10-13,20,23-24H,3,8-9,14-16H2,1H3. The summed E-state index contributed by atoms with van der Waals surface area (Å²) < 4.78 is 0. The van der Waals surface area contributed by atoms with E-state index in [1.54, 1.807) is 6.92 Å². The lowest BCUT2D eigenvalue weighted by atomic mass is 9.88. The average Bonchev–Trinajstić information content (AvgIpc) is 2.63. The molecule has 1 saturated heterocycles. The van der Waals surface area contributed by atoms with E-state index in [0.29, 0.717) is 6.42 Å². The van der Waals surface area contributed by atoms with Crippen molar-refractivity contribution in [2.45, 2.75) is 44.4 Å². The van der Waals surface area contributed by atoms with Gasteiger partial charge in [0.1, 0.15) is 11.8 Å². The third-order valence-corrected chi connectivity index (χ3v) is 4.94. The highest BCUT2D eigenvalue weighted by Crippen LogP contribution is 2.29. The van der Waals surface area contributed by atoms with Crippen molar-refractivity contribution < 1.29 is 10.2 Å². The molecule has 1 fully saturated rings. The summed E-state index contributed by atoms with van der Waals surface area (Å²) in [6.07, 6.45) is 2.99. The summed E-state index contributed by atoms with van der Waals surface area (Å²) in [6, 6.07) is 18.3. The lowest BCUT2D eigenvalue weighted by Gasteiger charge is -2.39. The SMILES string of the molecule is CC(O)(Cc1ccccc1-c1ccccc1)C(O)N1CCCCC1. The molecule has 0 amide bonds. The van der Waals surface area contributed by atoms with Gasteiger partial charge in [0.2, 0.25) is 0 Å². The van der Waals surface area contributed by atoms with Crippen LogP contribution in [0, 0.1) is 0 Å². The summed E-state index contributed by atoms with van der Waals surface area (Å²) in [7, 11) is 0. The van der Waals surface area contributed by atoms with Crippen LogP contribution in [0.4, 0.5) is 0 Å². The van der Waals surface area contributed by atoms with Crippen LogP contribution in [-0.4, -0.2) is 40.0 Å². The molecule has 0 aliphatic carbocycles. The minimum atomic E-state index is -1.18. The number of nitrogens with zero attached hydrogens (tertiary/aromatic N) is 1. The zero-order chi connectivity index (χ0) is 17.0. The first-order valence-corrected chi connectivity index (χ1v) is 8.86. The third-order valence-electron chi connectivity index (χ3n) is 4.94. The fraction of sp³-hybridized carbons (Fsp3) is 0.429. The topological polar surface area (TPSA) is 43.7 Å². The molecule has 0 aromatic heterocycles. The molecule has 1 heterocycles. The Labute approximate surface area is 144 Å². The van der Waals surface area contributed by atoms with Crippen molar-refractivity contribution in [1.82, 2.24) is 4.90 Å². The van der Waals surface area contributed by atoms with Gasteiger partial charge in [0.05, 0.1) is 0 Å². The van der Waals surface area contributed by atoms with Gasteiger partial charge < -0.3 is 10.2 Å². The predicted molar refractivity (Wildman–Crippen MR) is 97.6 cm³/mol. The molecular weight excluding hydrogens is 298 g/mol. The molecule has 1 aliphatic rings. The molecule has 128 valence electrons. The molecule has 0 spiro atoms. The number of hydrogen-bond donors (Lipinski definition) is 2. The Morgan fingerprint density at radius 3 is 2.29 bits per heavy atom. The fourth-order valence-electron chi connectivity index (χ4n) is 3.61. The van der Waals surface area contributed by atoms with Gasteiger partial charge in [0, 0.05) is 19.5 Å². The van der Waals surface area contributed by atoms with Crippen LogP contribution in [0.25, 0.3) is 11.1 Å². The molecule has 24 heavy (non-hydrogen) atoms. The maximum atomic E-state index is 11.0.